The van der Waals surface area contributed by atoms with Crippen molar-refractivity contribution in [2.75, 3.05) is 11.4 Å². The zero-order valence-electron chi connectivity index (χ0n) is 8.35. The van der Waals surface area contributed by atoms with E-state index in [1.807, 2.05) is 17.0 Å². The molecule has 2 heterocycles. The summed E-state index contributed by atoms with van der Waals surface area (Å²) in [6.45, 7) is 0.850. The maximum atomic E-state index is 11.9. The van der Waals surface area contributed by atoms with Crippen molar-refractivity contribution in [1.82, 2.24) is 0 Å². The number of hydrogen-bond donors (Lipinski definition) is 0. The fraction of sp³-hybridized carbons (Fsp3) is 0.300. The van der Waals surface area contributed by atoms with Crippen molar-refractivity contribution in [3.05, 3.63) is 22.7 Å². The highest BCUT2D eigenvalue weighted by molar-refractivity contribution is 9.10. The standard InChI is InChI=1S/C10H9BrN2O2S/c11-7-3-4-8-9(6-7)16(14,15)12-10-2-1-5-13(8)10/h3-4,6H,1-2,5H2. The Bertz CT molecular complexity index is 595. The maximum Gasteiger partial charge on any atom is 0.286 e. The Morgan fingerprint density at radius 2 is 2.19 bits per heavy atom. The van der Waals surface area contributed by atoms with Gasteiger partial charge in [-0.3, -0.25) is 0 Å². The van der Waals surface area contributed by atoms with Crippen molar-refractivity contribution in [3.8, 4) is 0 Å². The SMILES string of the molecule is O=S1(=O)N=C2CCCN2c2ccc(Br)cc21. The molecule has 1 fully saturated rings. The molecule has 0 N–H and O–H groups in total. The van der Waals surface area contributed by atoms with E-state index < -0.39 is 10.0 Å². The van der Waals surface area contributed by atoms with E-state index in [0.29, 0.717) is 10.7 Å². The number of benzene rings is 1. The molecule has 2 aliphatic heterocycles. The van der Waals surface area contributed by atoms with Crippen LogP contribution in [-0.2, 0) is 10.0 Å². The Morgan fingerprint density at radius 1 is 1.38 bits per heavy atom. The number of nitrogens with zero attached hydrogens (tertiary/aromatic N) is 2. The predicted molar refractivity (Wildman–Crippen MR) is 65.3 cm³/mol. The molecule has 0 aliphatic carbocycles. The first kappa shape index (κ1) is 10.3. The van der Waals surface area contributed by atoms with Crippen LogP contribution in [0.4, 0.5) is 5.69 Å². The van der Waals surface area contributed by atoms with Gasteiger partial charge >= 0.3 is 0 Å². The molecule has 2 aliphatic rings. The van der Waals surface area contributed by atoms with Crippen LogP contribution in [0.15, 0.2) is 32.0 Å². The van der Waals surface area contributed by atoms with Crippen molar-refractivity contribution in [1.29, 1.82) is 0 Å². The molecular weight excluding hydrogens is 292 g/mol. The van der Waals surface area contributed by atoms with Crippen molar-refractivity contribution >= 4 is 37.5 Å². The molecule has 16 heavy (non-hydrogen) atoms. The second-order valence-electron chi connectivity index (χ2n) is 3.85. The average Bonchev–Trinajstić information content (AvgIpc) is 2.65. The Hall–Kier alpha value is -0.880. The fourth-order valence-corrected chi connectivity index (χ4v) is 3.92. The quantitative estimate of drug-likeness (QED) is 0.738. The summed E-state index contributed by atoms with van der Waals surface area (Å²) in [5.74, 6) is 0.676. The second-order valence-corrected chi connectivity index (χ2v) is 6.34. The van der Waals surface area contributed by atoms with Gasteiger partial charge in [-0.05, 0) is 24.6 Å². The number of amidine groups is 1. The minimum atomic E-state index is -3.50. The topological polar surface area (TPSA) is 49.7 Å². The lowest BCUT2D eigenvalue weighted by Gasteiger charge is -2.25. The van der Waals surface area contributed by atoms with Gasteiger partial charge in [-0.2, -0.15) is 8.42 Å². The molecule has 0 saturated carbocycles. The molecule has 0 atom stereocenters. The Morgan fingerprint density at radius 3 is 3.00 bits per heavy atom. The van der Waals surface area contributed by atoms with Gasteiger partial charge < -0.3 is 4.90 Å². The second kappa shape index (κ2) is 3.30. The molecule has 0 spiro atoms. The Kier molecular flexibility index (Phi) is 2.12. The van der Waals surface area contributed by atoms with Crippen LogP contribution in [0.5, 0.6) is 0 Å². The van der Waals surface area contributed by atoms with Crippen LogP contribution in [0.25, 0.3) is 0 Å². The van der Waals surface area contributed by atoms with Gasteiger partial charge in [0.15, 0.2) is 0 Å². The highest BCUT2D eigenvalue weighted by atomic mass is 79.9. The molecular formula is C10H9BrN2O2S. The van der Waals surface area contributed by atoms with Crippen molar-refractivity contribution in [3.63, 3.8) is 0 Å². The van der Waals surface area contributed by atoms with Crippen LogP contribution in [0.3, 0.4) is 0 Å². The number of hydrogen-bond acceptors (Lipinski definition) is 3. The molecule has 4 nitrogen and oxygen atoms in total. The Balaban J connectivity index is 2.31. The third-order valence-electron chi connectivity index (χ3n) is 2.81. The van der Waals surface area contributed by atoms with Crippen LogP contribution in [0, 0.1) is 0 Å². The predicted octanol–water partition coefficient (Wildman–Crippen LogP) is 2.15. The van der Waals surface area contributed by atoms with E-state index in [9.17, 15) is 8.42 Å². The summed E-state index contributed by atoms with van der Waals surface area (Å²) in [6, 6.07) is 5.30. The monoisotopic (exact) mass is 300 g/mol. The molecule has 0 aromatic heterocycles. The van der Waals surface area contributed by atoms with Gasteiger partial charge in [0, 0.05) is 17.4 Å². The van der Waals surface area contributed by atoms with Crippen LogP contribution in [0.1, 0.15) is 12.8 Å². The zero-order chi connectivity index (χ0) is 11.3. The lowest BCUT2D eigenvalue weighted by Crippen LogP contribution is -2.30. The van der Waals surface area contributed by atoms with E-state index in [1.54, 1.807) is 6.07 Å². The number of sulfonamides is 1. The van der Waals surface area contributed by atoms with E-state index in [-0.39, 0.29) is 0 Å². The fourth-order valence-electron chi connectivity index (χ4n) is 2.12. The van der Waals surface area contributed by atoms with Crippen molar-refractivity contribution in [2.24, 2.45) is 4.40 Å². The summed E-state index contributed by atoms with van der Waals surface area (Å²) in [7, 11) is -3.50. The molecule has 0 radical (unpaired) electrons. The van der Waals surface area contributed by atoms with E-state index >= 15 is 0 Å². The number of anilines is 1. The molecule has 0 amide bonds. The summed E-state index contributed by atoms with van der Waals surface area (Å²) in [5.41, 5.74) is 0.755. The Labute approximate surface area is 102 Å². The highest BCUT2D eigenvalue weighted by Gasteiger charge is 2.33. The molecule has 1 aromatic rings. The third-order valence-corrected chi connectivity index (χ3v) is 4.64. The van der Waals surface area contributed by atoms with Crippen LogP contribution < -0.4 is 4.90 Å². The summed E-state index contributed by atoms with van der Waals surface area (Å²) in [5, 5.41) is 0. The zero-order valence-corrected chi connectivity index (χ0v) is 10.8. The van der Waals surface area contributed by atoms with Gasteiger partial charge in [0.05, 0.1) is 5.69 Å². The first-order chi connectivity index (χ1) is 7.58. The van der Waals surface area contributed by atoms with Gasteiger partial charge in [-0.25, -0.2) is 0 Å². The molecule has 1 aromatic carbocycles. The van der Waals surface area contributed by atoms with E-state index in [0.717, 1.165) is 29.5 Å². The number of fused-ring (bicyclic) bond motifs is 3. The van der Waals surface area contributed by atoms with Crippen LogP contribution in [-0.4, -0.2) is 20.8 Å². The normalized spacial score (nSPS) is 21.3. The minimum absolute atomic E-state index is 0.299. The average molecular weight is 301 g/mol. The molecule has 1 saturated heterocycles. The van der Waals surface area contributed by atoms with Crippen molar-refractivity contribution in [2.45, 2.75) is 17.7 Å². The van der Waals surface area contributed by atoms with Gasteiger partial charge in [0.2, 0.25) is 0 Å². The van der Waals surface area contributed by atoms with Gasteiger partial charge in [0.1, 0.15) is 10.7 Å². The maximum absolute atomic E-state index is 11.9. The molecule has 6 heteroatoms. The lowest BCUT2D eigenvalue weighted by atomic mass is 10.3. The van der Waals surface area contributed by atoms with E-state index in [1.165, 1.54) is 0 Å². The summed E-state index contributed by atoms with van der Waals surface area (Å²) in [4.78, 5) is 2.29. The summed E-state index contributed by atoms with van der Waals surface area (Å²) >= 11 is 3.28. The summed E-state index contributed by atoms with van der Waals surface area (Å²) < 4.78 is 28.5. The largest absolute Gasteiger partial charge is 0.328 e. The van der Waals surface area contributed by atoms with Gasteiger partial charge in [-0.1, -0.05) is 15.9 Å². The van der Waals surface area contributed by atoms with Gasteiger partial charge in [0.25, 0.3) is 10.0 Å². The molecule has 0 bridgehead atoms. The highest BCUT2D eigenvalue weighted by Crippen LogP contribution is 2.36. The number of halogens is 1. The molecule has 3 rings (SSSR count). The molecule has 84 valence electrons. The molecule has 0 unspecified atom stereocenters. The summed E-state index contributed by atoms with van der Waals surface area (Å²) in [6.07, 6.45) is 1.71. The smallest absolute Gasteiger partial charge is 0.286 e. The van der Waals surface area contributed by atoms with Gasteiger partial charge in [-0.15, -0.1) is 4.40 Å². The van der Waals surface area contributed by atoms with E-state index in [4.69, 9.17) is 0 Å². The minimum Gasteiger partial charge on any atom is -0.328 e. The lowest BCUT2D eigenvalue weighted by molar-refractivity contribution is 0.597. The third kappa shape index (κ3) is 1.40. The van der Waals surface area contributed by atoms with Crippen molar-refractivity contribution < 1.29 is 8.42 Å². The van der Waals surface area contributed by atoms with E-state index in [2.05, 4.69) is 20.3 Å². The van der Waals surface area contributed by atoms with Crippen LogP contribution >= 0.6 is 15.9 Å². The van der Waals surface area contributed by atoms with Crippen LogP contribution in [0.2, 0.25) is 0 Å². The first-order valence-corrected chi connectivity index (χ1v) is 7.22. The first-order valence-electron chi connectivity index (χ1n) is 4.99. The number of rotatable bonds is 0.